The van der Waals surface area contributed by atoms with Gasteiger partial charge in [0, 0.05) is 13.1 Å². The summed E-state index contributed by atoms with van der Waals surface area (Å²) in [5.41, 5.74) is 5.47. The summed E-state index contributed by atoms with van der Waals surface area (Å²) in [6, 6.07) is 0. The number of methoxy groups -OCH3 is 3. The first-order valence-electron chi connectivity index (χ1n) is 11.7. The van der Waals surface area contributed by atoms with Crippen LogP contribution in [0.3, 0.4) is 0 Å². The second-order valence-corrected chi connectivity index (χ2v) is 8.29. The summed E-state index contributed by atoms with van der Waals surface area (Å²) in [5, 5.41) is 6.86. The molecule has 4 N–H and O–H groups in total. The number of hydrogen-bond donors (Lipinski definition) is 3. The zero-order valence-corrected chi connectivity index (χ0v) is 24.4. The van der Waals surface area contributed by atoms with E-state index in [1.807, 2.05) is 0 Å². The van der Waals surface area contributed by atoms with Crippen molar-refractivity contribution in [1.29, 1.82) is 0 Å². The number of nitrogens with two attached hydrogens (primary N) is 1. The molecule has 0 radical (unpaired) electrons. The Morgan fingerprint density at radius 2 is 1.07 bits per heavy atom. The molecule has 3 aromatic rings. The Hall–Kier alpha value is -3.09. The summed E-state index contributed by atoms with van der Waals surface area (Å²) in [5.74, 6) is 3.23. The molecule has 234 valence electrons. The molecule has 0 aliphatic carbocycles. The zero-order chi connectivity index (χ0) is 28.3. The highest BCUT2D eigenvalue weighted by atomic mass is 35.5. The third-order valence-electron chi connectivity index (χ3n) is 4.49. The fraction of sp³-hybridized carbons (Fsp3) is 0.538. The smallest absolute Gasteiger partial charge is 0.224 e. The van der Waals surface area contributed by atoms with Crippen LogP contribution in [0.2, 0.25) is 15.7 Å². The van der Waals surface area contributed by atoms with Crippen LogP contribution in [-0.4, -0.2) is 64.3 Å². The highest BCUT2D eigenvalue weighted by Gasteiger charge is 2.06. The molecule has 0 unspecified atom stereocenters. The molecule has 0 fully saturated rings. The second-order valence-electron chi connectivity index (χ2n) is 7.26. The quantitative estimate of drug-likeness (QED) is 0.109. The maximum absolute atomic E-state index is 5.67. The van der Waals surface area contributed by atoms with E-state index in [9.17, 15) is 0 Å². The van der Waals surface area contributed by atoms with Gasteiger partial charge in [0.15, 0.2) is 34.0 Å². The monoisotopic (exact) mass is 637 g/mol. The lowest BCUT2D eigenvalue weighted by atomic mass is 10.3. The minimum absolute atomic E-state index is 0. The average molecular weight is 639 g/mol. The van der Waals surface area contributed by atoms with Crippen molar-refractivity contribution < 1.29 is 14.2 Å². The van der Waals surface area contributed by atoms with E-state index >= 15 is 0 Å². The van der Waals surface area contributed by atoms with Gasteiger partial charge in [-0.2, -0.15) is 9.97 Å². The van der Waals surface area contributed by atoms with Gasteiger partial charge in [-0.3, -0.25) is 0 Å². The van der Waals surface area contributed by atoms with E-state index in [2.05, 4.69) is 54.4 Å². The van der Waals surface area contributed by atoms with Gasteiger partial charge >= 0.3 is 0 Å². The molecule has 0 bridgehead atoms. The minimum Gasteiger partial charge on any atom is -0.492 e. The molecule has 0 aliphatic rings. The minimum atomic E-state index is 0. The van der Waals surface area contributed by atoms with Crippen LogP contribution in [0.15, 0.2) is 18.6 Å². The number of rotatable bonds is 11. The summed E-state index contributed by atoms with van der Waals surface area (Å²) < 4.78 is 15.0. The molecule has 3 aromatic heterocycles. The van der Waals surface area contributed by atoms with Gasteiger partial charge in [-0.15, -0.1) is 0 Å². The number of unbranched alkanes of at least 4 members (excludes halogenated alkanes) is 2. The first-order chi connectivity index (χ1) is 18.3. The van der Waals surface area contributed by atoms with Gasteiger partial charge in [-0.25, -0.2) is 19.9 Å². The Balaban J connectivity index is -0.000000517. The Labute approximate surface area is 260 Å². The van der Waals surface area contributed by atoms with Gasteiger partial charge in [0.05, 0.1) is 39.9 Å². The van der Waals surface area contributed by atoms with E-state index in [0.717, 1.165) is 38.8 Å². The van der Waals surface area contributed by atoms with E-state index in [1.54, 1.807) is 26.6 Å². The Morgan fingerprint density at radius 1 is 0.659 bits per heavy atom. The van der Waals surface area contributed by atoms with Crippen molar-refractivity contribution in [1.82, 2.24) is 29.9 Å². The van der Waals surface area contributed by atoms with Gasteiger partial charge < -0.3 is 30.6 Å². The Bertz CT molecular complexity index is 1040. The standard InChI is InChI=1S/C9H14ClN3O.C9H16N4O.C5H4Cl2N2O.3CH4/c2*1-3-4-5-11-8-7(14-2)6-12-9(10)13-8;1-10-3-2-8-5(7)9-4(3)6;;;/h6H,3-5H2,1-2H3,(H,11,12,13);6H,3-5H2,1-2H3,(H3,10,11,12,13);2H,1H3;3*1H4. The maximum atomic E-state index is 5.67. The SMILES string of the molecule is C.C.C.CCCCNc1nc(Cl)ncc1OC.CCCCNc1nc(N)ncc1OC.COc1cnc(Cl)nc1Cl. The number of nitrogens with one attached hydrogen (secondary N) is 2. The van der Waals surface area contributed by atoms with Crippen LogP contribution in [0.25, 0.3) is 0 Å². The Kier molecular flexibility index (Phi) is 25.5. The number of nitrogen functional groups attached to an aromatic ring is 1. The topological polar surface area (TPSA) is 155 Å². The lowest BCUT2D eigenvalue weighted by Gasteiger charge is -2.09. The van der Waals surface area contributed by atoms with E-state index in [0.29, 0.717) is 28.9 Å². The predicted molar refractivity (Wildman–Crippen MR) is 172 cm³/mol. The number of aromatic nitrogens is 6. The molecular weight excluding hydrogens is 593 g/mol. The first kappa shape index (κ1) is 42.4. The second kappa shape index (κ2) is 24.7. The van der Waals surface area contributed by atoms with E-state index in [1.165, 1.54) is 13.3 Å². The summed E-state index contributed by atoms with van der Waals surface area (Å²) in [6.07, 6.45) is 8.99. The van der Waals surface area contributed by atoms with Crippen molar-refractivity contribution in [2.75, 3.05) is 50.8 Å². The summed E-state index contributed by atoms with van der Waals surface area (Å²) in [6.45, 7) is 5.99. The van der Waals surface area contributed by atoms with Crippen LogP contribution in [0.1, 0.15) is 61.8 Å². The van der Waals surface area contributed by atoms with Crippen molar-refractivity contribution in [3.8, 4) is 17.2 Å². The molecule has 41 heavy (non-hydrogen) atoms. The lowest BCUT2D eigenvalue weighted by Crippen LogP contribution is -2.07. The van der Waals surface area contributed by atoms with Crippen LogP contribution in [-0.2, 0) is 0 Å². The zero-order valence-electron chi connectivity index (χ0n) is 22.1. The number of halogens is 3. The Morgan fingerprint density at radius 3 is 1.51 bits per heavy atom. The molecule has 0 amide bonds. The van der Waals surface area contributed by atoms with Crippen molar-refractivity contribution in [3.63, 3.8) is 0 Å². The van der Waals surface area contributed by atoms with Crippen molar-refractivity contribution in [2.24, 2.45) is 0 Å². The van der Waals surface area contributed by atoms with E-state index in [4.69, 9.17) is 54.7 Å². The van der Waals surface area contributed by atoms with E-state index < -0.39 is 0 Å². The molecule has 0 aromatic carbocycles. The molecule has 0 atom stereocenters. The molecule has 0 aliphatic heterocycles. The molecule has 0 spiro atoms. The molecule has 3 heterocycles. The summed E-state index contributed by atoms with van der Waals surface area (Å²) in [4.78, 5) is 23.0. The largest absolute Gasteiger partial charge is 0.492 e. The number of nitrogens with zero attached hydrogens (tertiary/aromatic N) is 6. The predicted octanol–water partition coefficient (Wildman–Crippen LogP) is 7.33. The molecule has 15 heteroatoms. The maximum Gasteiger partial charge on any atom is 0.224 e. The molecule has 12 nitrogen and oxygen atoms in total. The number of anilines is 3. The molecular formula is C26H46Cl3N9O3. The third-order valence-corrected chi connectivity index (χ3v) is 5.12. The highest BCUT2D eigenvalue weighted by molar-refractivity contribution is 6.32. The summed E-state index contributed by atoms with van der Waals surface area (Å²) in [7, 11) is 4.65. The van der Waals surface area contributed by atoms with Gasteiger partial charge in [0.1, 0.15) is 0 Å². The average Bonchev–Trinajstić information content (AvgIpc) is 2.90. The normalized spacial score (nSPS) is 9.07. The number of ether oxygens (including phenoxy) is 3. The molecule has 0 saturated heterocycles. The van der Waals surface area contributed by atoms with Crippen LogP contribution in [0, 0.1) is 0 Å². The van der Waals surface area contributed by atoms with Crippen molar-refractivity contribution in [3.05, 3.63) is 34.3 Å². The van der Waals surface area contributed by atoms with Crippen LogP contribution < -0.4 is 30.6 Å². The van der Waals surface area contributed by atoms with E-state index in [-0.39, 0.29) is 43.9 Å². The van der Waals surface area contributed by atoms with Gasteiger partial charge in [0.25, 0.3) is 0 Å². The van der Waals surface area contributed by atoms with Crippen molar-refractivity contribution in [2.45, 2.75) is 61.8 Å². The van der Waals surface area contributed by atoms with Crippen LogP contribution >= 0.6 is 34.8 Å². The van der Waals surface area contributed by atoms with Crippen LogP contribution in [0.4, 0.5) is 17.6 Å². The first-order valence-corrected chi connectivity index (χ1v) is 12.9. The third kappa shape index (κ3) is 16.7. The van der Waals surface area contributed by atoms with Crippen LogP contribution in [0.5, 0.6) is 17.2 Å². The summed E-state index contributed by atoms with van der Waals surface area (Å²) >= 11 is 16.6. The van der Waals surface area contributed by atoms with Gasteiger partial charge in [-0.05, 0) is 36.0 Å². The highest BCUT2D eigenvalue weighted by Crippen LogP contribution is 2.22. The molecule has 3 rings (SSSR count). The fourth-order valence-electron chi connectivity index (χ4n) is 2.52. The van der Waals surface area contributed by atoms with Gasteiger partial charge in [0.2, 0.25) is 16.5 Å². The molecule has 0 saturated carbocycles. The fourth-order valence-corrected chi connectivity index (χ4v) is 3.04. The lowest BCUT2D eigenvalue weighted by molar-refractivity contribution is 0.411. The van der Waals surface area contributed by atoms with Crippen molar-refractivity contribution >= 4 is 52.4 Å². The van der Waals surface area contributed by atoms with Gasteiger partial charge in [-0.1, -0.05) is 60.6 Å². The number of hydrogen-bond acceptors (Lipinski definition) is 12.